The van der Waals surface area contributed by atoms with Crippen LogP contribution in [0.1, 0.15) is 0 Å². The van der Waals surface area contributed by atoms with Crippen LogP contribution in [0.5, 0.6) is 0 Å². The standard InChI is InChI=1S/C5H3N5O/c1-4(2-7-10-6-1)5-9-8-3-11-5/h1-3H. The molecule has 0 aliphatic heterocycles. The van der Waals surface area contributed by atoms with E-state index in [-0.39, 0.29) is 0 Å². The van der Waals surface area contributed by atoms with E-state index in [0.717, 1.165) is 0 Å². The second kappa shape index (κ2) is 2.41. The van der Waals surface area contributed by atoms with Crippen LogP contribution in [0, 0.1) is 0 Å². The van der Waals surface area contributed by atoms with Gasteiger partial charge in [0.1, 0.15) is 0 Å². The average Bonchev–Trinajstić information content (AvgIpc) is 2.58. The summed E-state index contributed by atoms with van der Waals surface area (Å²) in [6, 6.07) is 0. The van der Waals surface area contributed by atoms with Gasteiger partial charge in [0.15, 0.2) is 0 Å². The fraction of sp³-hybridized carbons (Fsp3) is 0. The molecule has 0 N–H and O–H groups in total. The summed E-state index contributed by atoms with van der Waals surface area (Å²) in [5.74, 6) is 0.396. The summed E-state index contributed by atoms with van der Waals surface area (Å²) >= 11 is 0. The number of nitrogens with zero attached hydrogens (tertiary/aromatic N) is 5. The molecule has 0 radical (unpaired) electrons. The lowest BCUT2D eigenvalue weighted by molar-refractivity contribution is 0.567. The van der Waals surface area contributed by atoms with E-state index in [1.54, 1.807) is 0 Å². The van der Waals surface area contributed by atoms with Gasteiger partial charge in [0, 0.05) is 0 Å². The lowest BCUT2D eigenvalue weighted by atomic mass is 10.4. The summed E-state index contributed by atoms with van der Waals surface area (Å²) in [5, 5.41) is 17.6. The molecule has 2 rings (SSSR count). The lowest BCUT2D eigenvalue weighted by Gasteiger charge is -1.87. The van der Waals surface area contributed by atoms with E-state index < -0.39 is 0 Å². The van der Waals surface area contributed by atoms with Crippen LogP contribution in [0.2, 0.25) is 0 Å². The van der Waals surface area contributed by atoms with Gasteiger partial charge >= 0.3 is 0 Å². The Balaban J connectivity index is 2.46. The SMILES string of the molecule is c1nnc(-c2cnnnc2)o1. The third-order valence-electron chi connectivity index (χ3n) is 1.10. The van der Waals surface area contributed by atoms with E-state index in [1.165, 1.54) is 18.8 Å². The third-order valence-corrected chi connectivity index (χ3v) is 1.10. The van der Waals surface area contributed by atoms with Gasteiger partial charge in [-0.05, 0) is 5.21 Å². The fourth-order valence-corrected chi connectivity index (χ4v) is 0.648. The van der Waals surface area contributed by atoms with Gasteiger partial charge in [-0.3, -0.25) is 0 Å². The summed E-state index contributed by atoms with van der Waals surface area (Å²) in [6.45, 7) is 0. The van der Waals surface area contributed by atoms with E-state index in [9.17, 15) is 0 Å². The first-order valence-electron chi connectivity index (χ1n) is 2.87. The Bertz CT molecular complexity index is 318. The minimum atomic E-state index is 0.396. The molecular formula is C5H3N5O. The van der Waals surface area contributed by atoms with Crippen LogP contribution >= 0.6 is 0 Å². The van der Waals surface area contributed by atoms with E-state index in [0.29, 0.717) is 11.5 Å². The predicted molar refractivity (Wildman–Crippen MR) is 33.1 cm³/mol. The molecule has 0 amide bonds. The van der Waals surface area contributed by atoms with Gasteiger partial charge < -0.3 is 4.42 Å². The normalized spacial score (nSPS) is 9.82. The smallest absolute Gasteiger partial charge is 0.250 e. The van der Waals surface area contributed by atoms with Gasteiger partial charge in [-0.15, -0.1) is 20.4 Å². The Morgan fingerprint density at radius 1 is 1.09 bits per heavy atom. The summed E-state index contributed by atoms with van der Waals surface area (Å²) < 4.78 is 4.89. The third kappa shape index (κ3) is 1.05. The Labute approximate surface area is 61.3 Å². The highest BCUT2D eigenvalue weighted by molar-refractivity contribution is 5.47. The molecule has 0 aliphatic rings. The quantitative estimate of drug-likeness (QED) is 0.564. The molecule has 2 aromatic heterocycles. The van der Waals surface area contributed by atoms with Gasteiger partial charge in [-0.1, -0.05) is 0 Å². The molecular weight excluding hydrogens is 146 g/mol. The summed E-state index contributed by atoms with van der Waals surface area (Å²) in [6.07, 6.45) is 4.25. The molecule has 11 heavy (non-hydrogen) atoms. The van der Waals surface area contributed by atoms with Crippen molar-refractivity contribution in [2.24, 2.45) is 0 Å². The zero-order chi connectivity index (χ0) is 7.52. The number of rotatable bonds is 1. The van der Waals surface area contributed by atoms with Crippen molar-refractivity contribution < 1.29 is 4.42 Å². The minimum Gasteiger partial charge on any atom is -0.423 e. The van der Waals surface area contributed by atoms with Crippen LogP contribution in [-0.2, 0) is 0 Å². The monoisotopic (exact) mass is 149 g/mol. The molecule has 6 nitrogen and oxygen atoms in total. The maximum absolute atomic E-state index is 4.89. The minimum absolute atomic E-state index is 0.396. The van der Waals surface area contributed by atoms with Crippen molar-refractivity contribution in [2.75, 3.05) is 0 Å². The Kier molecular flexibility index (Phi) is 1.29. The number of hydrogen-bond donors (Lipinski definition) is 0. The van der Waals surface area contributed by atoms with Crippen molar-refractivity contribution in [3.63, 3.8) is 0 Å². The highest BCUT2D eigenvalue weighted by atomic mass is 16.4. The van der Waals surface area contributed by atoms with Crippen molar-refractivity contribution >= 4 is 0 Å². The molecule has 2 heterocycles. The fourth-order valence-electron chi connectivity index (χ4n) is 0.648. The zero-order valence-electron chi connectivity index (χ0n) is 5.38. The summed E-state index contributed by atoms with van der Waals surface area (Å²) in [4.78, 5) is 0. The van der Waals surface area contributed by atoms with Crippen LogP contribution in [0.3, 0.4) is 0 Å². The van der Waals surface area contributed by atoms with Crippen LogP contribution in [0.4, 0.5) is 0 Å². The van der Waals surface area contributed by atoms with Crippen LogP contribution < -0.4 is 0 Å². The van der Waals surface area contributed by atoms with Crippen molar-refractivity contribution in [3.8, 4) is 11.5 Å². The second-order valence-corrected chi connectivity index (χ2v) is 1.78. The first kappa shape index (κ1) is 5.90. The largest absolute Gasteiger partial charge is 0.423 e. The number of aromatic nitrogens is 5. The van der Waals surface area contributed by atoms with Gasteiger partial charge in [-0.2, -0.15) is 0 Å². The molecule has 54 valence electrons. The van der Waals surface area contributed by atoms with E-state index in [1.807, 2.05) is 0 Å². The van der Waals surface area contributed by atoms with E-state index >= 15 is 0 Å². The Morgan fingerprint density at radius 2 is 1.91 bits per heavy atom. The van der Waals surface area contributed by atoms with Crippen LogP contribution in [0.15, 0.2) is 23.2 Å². The van der Waals surface area contributed by atoms with Crippen molar-refractivity contribution in [3.05, 3.63) is 18.8 Å². The molecule has 0 aliphatic carbocycles. The molecule has 0 unspecified atom stereocenters. The van der Waals surface area contributed by atoms with Gasteiger partial charge in [0.25, 0.3) is 5.89 Å². The van der Waals surface area contributed by atoms with Crippen molar-refractivity contribution in [1.29, 1.82) is 0 Å². The maximum Gasteiger partial charge on any atom is 0.250 e. The van der Waals surface area contributed by atoms with Gasteiger partial charge in [-0.25, -0.2) is 0 Å². The molecule has 2 aromatic rings. The molecule has 0 atom stereocenters. The maximum atomic E-state index is 4.89. The predicted octanol–water partition coefficient (Wildman–Crippen LogP) is -0.0784. The summed E-state index contributed by atoms with van der Waals surface area (Å²) in [5.41, 5.74) is 0.664. The molecule has 0 fully saturated rings. The molecule has 0 bridgehead atoms. The van der Waals surface area contributed by atoms with Crippen molar-refractivity contribution in [2.45, 2.75) is 0 Å². The van der Waals surface area contributed by atoms with Gasteiger partial charge in [0.05, 0.1) is 18.0 Å². The molecule has 0 aromatic carbocycles. The molecule has 0 saturated heterocycles. The summed E-state index contributed by atoms with van der Waals surface area (Å²) in [7, 11) is 0. The number of hydrogen-bond acceptors (Lipinski definition) is 6. The average molecular weight is 149 g/mol. The zero-order valence-corrected chi connectivity index (χ0v) is 5.38. The Hall–Kier alpha value is -1.85. The first-order chi connectivity index (χ1) is 5.47. The van der Waals surface area contributed by atoms with Crippen LogP contribution in [0.25, 0.3) is 11.5 Å². The van der Waals surface area contributed by atoms with E-state index in [2.05, 4.69) is 25.6 Å². The molecule has 0 saturated carbocycles. The second-order valence-electron chi connectivity index (χ2n) is 1.78. The van der Waals surface area contributed by atoms with E-state index in [4.69, 9.17) is 4.42 Å². The lowest BCUT2D eigenvalue weighted by Crippen LogP contribution is -1.86. The Morgan fingerprint density at radius 3 is 2.55 bits per heavy atom. The van der Waals surface area contributed by atoms with Crippen LogP contribution in [-0.4, -0.2) is 25.6 Å². The first-order valence-corrected chi connectivity index (χ1v) is 2.87. The molecule has 6 heteroatoms. The van der Waals surface area contributed by atoms with Gasteiger partial charge in [0.2, 0.25) is 6.39 Å². The highest BCUT2D eigenvalue weighted by Gasteiger charge is 2.01. The topological polar surface area (TPSA) is 77.6 Å². The van der Waals surface area contributed by atoms with Crippen molar-refractivity contribution in [1.82, 2.24) is 25.6 Å². The highest BCUT2D eigenvalue weighted by Crippen LogP contribution is 2.10. The molecule has 0 spiro atoms.